The number of nitrogens with one attached hydrogen (secondary N) is 2. The molecule has 25 heavy (non-hydrogen) atoms. The van der Waals surface area contributed by atoms with Gasteiger partial charge in [-0.2, -0.15) is 4.72 Å². The lowest BCUT2D eigenvalue weighted by Crippen LogP contribution is -3.14. The molecule has 0 aliphatic carbocycles. The van der Waals surface area contributed by atoms with Crippen molar-refractivity contribution >= 4 is 10.0 Å². The first-order chi connectivity index (χ1) is 12.0. The van der Waals surface area contributed by atoms with Crippen molar-refractivity contribution in [2.75, 3.05) is 32.8 Å². The molecule has 1 atom stereocenters. The van der Waals surface area contributed by atoms with E-state index >= 15 is 0 Å². The Morgan fingerprint density at radius 3 is 2.32 bits per heavy atom. The molecule has 6 heteroatoms. The Hall–Kier alpha value is -1.73. The maximum Gasteiger partial charge on any atom is 0.241 e. The summed E-state index contributed by atoms with van der Waals surface area (Å²) in [4.78, 5) is 1.65. The lowest BCUT2D eigenvalue weighted by atomic mass is 10.1. The SMILES string of the molecule is Cc1ccc([C@H](C[NH+]2CCOCC2)NS(=O)(=O)c2ccccc2)cc1. The second-order valence-electron chi connectivity index (χ2n) is 6.46. The van der Waals surface area contributed by atoms with E-state index in [-0.39, 0.29) is 6.04 Å². The molecule has 0 unspecified atom stereocenters. The van der Waals surface area contributed by atoms with Gasteiger partial charge >= 0.3 is 0 Å². The average molecular weight is 361 g/mol. The average Bonchev–Trinajstić information content (AvgIpc) is 2.63. The third-order valence-electron chi connectivity index (χ3n) is 4.52. The number of benzene rings is 2. The monoisotopic (exact) mass is 361 g/mol. The Bertz CT molecular complexity index is 770. The van der Waals surface area contributed by atoms with Gasteiger partial charge in [0.15, 0.2) is 0 Å². The quantitative estimate of drug-likeness (QED) is 0.805. The van der Waals surface area contributed by atoms with Crippen LogP contribution in [0.4, 0.5) is 0 Å². The fraction of sp³-hybridized carbons (Fsp3) is 0.368. The van der Waals surface area contributed by atoms with Crippen LogP contribution in [0.1, 0.15) is 17.2 Å². The molecular weight excluding hydrogens is 336 g/mol. The third-order valence-corrected chi connectivity index (χ3v) is 6.01. The number of aryl methyl sites for hydroxylation is 1. The minimum atomic E-state index is -3.56. The lowest BCUT2D eigenvalue weighted by Gasteiger charge is -2.28. The number of rotatable bonds is 6. The van der Waals surface area contributed by atoms with Gasteiger partial charge < -0.3 is 9.64 Å². The van der Waals surface area contributed by atoms with E-state index in [1.54, 1.807) is 24.3 Å². The Morgan fingerprint density at radius 1 is 1.04 bits per heavy atom. The van der Waals surface area contributed by atoms with Gasteiger partial charge in [-0.15, -0.1) is 0 Å². The van der Waals surface area contributed by atoms with Crippen molar-refractivity contribution in [1.29, 1.82) is 0 Å². The molecule has 1 fully saturated rings. The summed E-state index contributed by atoms with van der Waals surface area (Å²) in [7, 11) is -3.56. The van der Waals surface area contributed by atoms with Crippen molar-refractivity contribution in [3.05, 3.63) is 65.7 Å². The molecule has 1 aliphatic rings. The molecule has 5 nitrogen and oxygen atoms in total. The summed E-state index contributed by atoms with van der Waals surface area (Å²) in [6.07, 6.45) is 0. The maximum atomic E-state index is 12.8. The first-order valence-corrected chi connectivity index (χ1v) is 10.1. The van der Waals surface area contributed by atoms with Gasteiger partial charge in [-0.25, -0.2) is 8.42 Å². The Morgan fingerprint density at radius 2 is 1.68 bits per heavy atom. The number of hydrogen-bond acceptors (Lipinski definition) is 3. The summed E-state index contributed by atoms with van der Waals surface area (Å²) in [6, 6.07) is 16.3. The summed E-state index contributed by atoms with van der Waals surface area (Å²) >= 11 is 0. The van der Waals surface area contributed by atoms with E-state index in [0.717, 1.165) is 37.4 Å². The minimum Gasteiger partial charge on any atom is -0.370 e. The Kier molecular flexibility index (Phi) is 5.86. The molecule has 0 spiro atoms. The normalized spacial score (nSPS) is 17.3. The van der Waals surface area contributed by atoms with Crippen molar-refractivity contribution in [1.82, 2.24) is 4.72 Å². The molecule has 0 radical (unpaired) electrons. The van der Waals surface area contributed by atoms with E-state index in [1.165, 1.54) is 4.90 Å². The van der Waals surface area contributed by atoms with E-state index in [2.05, 4.69) is 4.72 Å². The van der Waals surface area contributed by atoms with Gasteiger partial charge in [0.2, 0.25) is 10.0 Å². The van der Waals surface area contributed by atoms with E-state index in [1.807, 2.05) is 37.3 Å². The summed E-state index contributed by atoms with van der Waals surface area (Å²) in [5.74, 6) is 0. The summed E-state index contributed by atoms with van der Waals surface area (Å²) in [5.41, 5.74) is 2.15. The molecule has 1 saturated heterocycles. The van der Waals surface area contributed by atoms with Crippen LogP contribution in [0.2, 0.25) is 0 Å². The second kappa shape index (κ2) is 8.10. The molecule has 1 heterocycles. The predicted octanol–water partition coefficient (Wildman–Crippen LogP) is 0.930. The van der Waals surface area contributed by atoms with Gasteiger partial charge in [0.25, 0.3) is 0 Å². The molecule has 0 saturated carbocycles. The molecule has 0 aromatic heterocycles. The van der Waals surface area contributed by atoms with E-state index in [0.29, 0.717) is 11.4 Å². The van der Waals surface area contributed by atoms with Crippen LogP contribution in [-0.2, 0) is 14.8 Å². The van der Waals surface area contributed by atoms with Crippen LogP contribution in [0.3, 0.4) is 0 Å². The third kappa shape index (κ3) is 4.89. The summed E-state index contributed by atoms with van der Waals surface area (Å²) in [6.45, 7) is 5.98. The second-order valence-corrected chi connectivity index (χ2v) is 8.18. The highest BCUT2D eigenvalue weighted by Gasteiger charge is 2.26. The van der Waals surface area contributed by atoms with Crippen molar-refractivity contribution in [3.8, 4) is 0 Å². The summed E-state index contributed by atoms with van der Waals surface area (Å²) in [5, 5.41) is 0. The van der Waals surface area contributed by atoms with Gasteiger partial charge in [0.1, 0.15) is 13.1 Å². The lowest BCUT2D eigenvalue weighted by molar-refractivity contribution is -0.909. The fourth-order valence-electron chi connectivity index (χ4n) is 3.03. The zero-order chi connectivity index (χ0) is 17.7. The highest BCUT2D eigenvalue weighted by Crippen LogP contribution is 2.17. The number of morpholine rings is 1. The highest BCUT2D eigenvalue weighted by molar-refractivity contribution is 7.89. The van der Waals surface area contributed by atoms with Gasteiger partial charge in [-0.1, -0.05) is 48.0 Å². The van der Waals surface area contributed by atoms with E-state index in [9.17, 15) is 8.42 Å². The molecule has 1 aliphatic heterocycles. The molecule has 2 aromatic carbocycles. The topological polar surface area (TPSA) is 59.8 Å². The molecule has 2 aromatic rings. The molecule has 2 N–H and O–H groups in total. The first-order valence-electron chi connectivity index (χ1n) is 8.60. The van der Waals surface area contributed by atoms with Crippen molar-refractivity contribution in [3.63, 3.8) is 0 Å². The Balaban J connectivity index is 1.83. The van der Waals surface area contributed by atoms with Gasteiger partial charge in [-0.05, 0) is 24.6 Å². The van der Waals surface area contributed by atoms with Gasteiger partial charge in [0, 0.05) is 0 Å². The van der Waals surface area contributed by atoms with Crippen LogP contribution in [0.25, 0.3) is 0 Å². The number of sulfonamides is 1. The zero-order valence-electron chi connectivity index (χ0n) is 14.4. The van der Waals surface area contributed by atoms with Crippen LogP contribution in [0.15, 0.2) is 59.5 Å². The van der Waals surface area contributed by atoms with Crippen LogP contribution in [0.5, 0.6) is 0 Å². The van der Waals surface area contributed by atoms with Gasteiger partial charge in [-0.3, -0.25) is 0 Å². The number of ether oxygens (including phenoxy) is 1. The van der Waals surface area contributed by atoms with Crippen LogP contribution >= 0.6 is 0 Å². The molecule has 3 rings (SSSR count). The first kappa shape index (κ1) is 18.1. The van der Waals surface area contributed by atoms with E-state index in [4.69, 9.17) is 4.74 Å². The standard InChI is InChI=1S/C19H24N2O3S/c1-16-7-9-17(10-8-16)19(15-21-11-13-24-14-12-21)20-25(22,23)18-5-3-2-4-6-18/h2-10,19-20H,11-15H2,1H3/p+1/t19-/m0/s1. The van der Waals surface area contributed by atoms with Crippen LogP contribution in [0, 0.1) is 6.92 Å². The molecule has 134 valence electrons. The van der Waals surface area contributed by atoms with Crippen molar-refractivity contribution in [2.24, 2.45) is 0 Å². The number of hydrogen-bond donors (Lipinski definition) is 2. The van der Waals surface area contributed by atoms with Crippen molar-refractivity contribution < 1.29 is 18.1 Å². The van der Waals surface area contributed by atoms with Crippen LogP contribution < -0.4 is 9.62 Å². The van der Waals surface area contributed by atoms with E-state index < -0.39 is 10.0 Å². The maximum absolute atomic E-state index is 12.8. The van der Waals surface area contributed by atoms with Crippen LogP contribution in [-0.4, -0.2) is 41.3 Å². The Labute approximate surface area is 149 Å². The fourth-order valence-corrected chi connectivity index (χ4v) is 4.28. The predicted molar refractivity (Wildman–Crippen MR) is 97.1 cm³/mol. The molecular formula is C19H25N2O3S+. The summed E-state index contributed by atoms with van der Waals surface area (Å²) < 4.78 is 33.9. The molecule has 0 amide bonds. The highest BCUT2D eigenvalue weighted by atomic mass is 32.2. The minimum absolute atomic E-state index is 0.265. The van der Waals surface area contributed by atoms with Gasteiger partial charge in [0.05, 0.1) is 30.7 Å². The smallest absolute Gasteiger partial charge is 0.241 e. The largest absolute Gasteiger partial charge is 0.370 e. The zero-order valence-corrected chi connectivity index (χ0v) is 15.3. The molecule has 0 bridgehead atoms. The number of quaternary nitrogens is 1. The van der Waals surface area contributed by atoms with Crippen molar-refractivity contribution in [2.45, 2.75) is 17.9 Å².